The molecule has 6 heteroatoms. The predicted molar refractivity (Wildman–Crippen MR) is 110 cm³/mol. The fourth-order valence-electron chi connectivity index (χ4n) is 3.46. The molecular weight excluding hydrogens is 354 g/mol. The molecule has 146 valence electrons. The van der Waals surface area contributed by atoms with Crippen molar-refractivity contribution < 1.29 is 14.3 Å². The lowest BCUT2D eigenvalue weighted by molar-refractivity contribution is -0.118. The van der Waals surface area contributed by atoms with E-state index in [-0.39, 0.29) is 24.3 Å². The first-order valence-corrected chi connectivity index (χ1v) is 9.76. The molecule has 0 radical (unpaired) electrons. The van der Waals surface area contributed by atoms with Gasteiger partial charge in [-0.1, -0.05) is 6.07 Å². The van der Waals surface area contributed by atoms with Crippen molar-refractivity contribution in [1.82, 2.24) is 0 Å². The predicted octanol–water partition coefficient (Wildman–Crippen LogP) is 3.44. The molecule has 0 bridgehead atoms. The lowest BCUT2D eigenvalue weighted by Gasteiger charge is -2.27. The Balaban J connectivity index is 1.31. The number of carbonyl (C=O) groups excluding carboxylic acids is 2. The average molecular weight is 379 g/mol. The average Bonchev–Trinajstić information content (AvgIpc) is 3.52. The maximum Gasteiger partial charge on any atom is 0.262 e. The summed E-state index contributed by atoms with van der Waals surface area (Å²) in [6, 6.07) is 13.1. The molecule has 0 unspecified atom stereocenters. The lowest BCUT2D eigenvalue weighted by Crippen LogP contribution is -2.25. The minimum Gasteiger partial charge on any atom is -0.484 e. The summed E-state index contributed by atoms with van der Waals surface area (Å²) in [5.41, 5.74) is 3.96. The zero-order chi connectivity index (χ0) is 19.5. The first kappa shape index (κ1) is 18.3. The van der Waals surface area contributed by atoms with Gasteiger partial charge in [0.1, 0.15) is 5.75 Å². The van der Waals surface area contributed by atoms with E-state index >= 15 is 0 Å². The molecule has 1 aliphatic carbocycles. The summed E-state index contributed by atoms with van der Waals surface area (Å²) in [6.07, 6.45) is 4.07. The largest absolute Gasteiger partial charge is 0.484 e. The fraction of sp³-hybridized carbons (Fsp3) is 0.364. The molecule has 1 fully saturated rings. The number of hydrogen-bond donors (Lipinski definition) is 2. The van der Waals surface area contributed by atoms with Gasteiger partial charge in [0.05, 0.1) is 0 Å². The summed E-state index contributed by atoms with van der Waals surface area (Å²) in [7, 11) is 2.09. The summed E-state index contributed by atoms with van der Waals surface area (Å²) in [5, 5.41) is 5.78. The Bertz CT molecular complexity index is 892. The zero-order valence-electron chi connectivity index (χ0n) is 16.0. The third-order valence-electron chi connectivity index (χ3n) is 5.13. The van der Waals surface area contributed by atoms with Crippen molar-refractivity contribution in [2.75, 3.05) is 35.7 Å². The molecule has 1 aliphatic heterocycles. The molecule has 2 aromatic rings. The first-order valence-electron chi connectivity index (χ1n) is 9.76. The van der Waals surface area contributed by atoms with E-state index in [0.29, 0.717) is 11.4 Å². The highest BCUT2D eigenvalue weighted by molar-refractivity contribution is 5.94. The minimum atomic E-state index is -0.212. The summed E-state index contributed by atoms with van der Waals surface area (Å²) >= 11 is 0. The smallest absolute Gasteiger partial charge is 0.262 e. The number of ether oxygens (including phenoxy) is 1. The van der Waals surface area contributed by atoms with Crippen LogP contribution in [0.2, 0.25) is 0 Å². The molecule has 0 spiro atoms. The van der Waals surface area contributed by atoms with Crippen LogP contribution in [-0.4, -0.2) is 32.0 Å². The van der Waals surface area contributed by atoms with Crippen molar-refractivity contribution in [3.05, 3.63) is 48.0 Å². The second-order valence-corrected chi connectivity index (χ2v) is 7.50. The van der Waals surface area contributed by atoms with E-state index in [1.165, 1.54) is 11.3 Å². The molecule has 2 amide bonds. The summed E-state index contributed by atoms with van der Waals surface area (Å²) in [6.45, 7) is 0.976. The van der Waals surface area contributed by atoms with E-state index in [2.05, 4.69) is 28.6 Å². The van der Waals surface area contributed by atoms with Crippen LogP contribution in [-0.2, 0) is 16.0 Å². The topological polar surface area (TPSA) is 70.7 Å². The Hall–Kier alpha value is -3.02. The van der Waals surface area contributed by atoms with Crippen LogP contribution in [0.5, 0.6) is 5.75 Å². The van der Waals surface area contributed by atoms with Gasteiger partial charge in [-0.25, -0.2) is 0 Å². The third kappa shape index (κ3) is 4.44. The van der Waals surface area contributed by atoms with Gasteiger partial charge in [-0.2, -0.15) is 0 Å². The van der Waals surface area contributed by atoms with E-state index in [1.54, 1.807) is 18.2 Å². The van der Waals surface area contributed by atoms with Crippen LogP contribution < -0.4 is 20.3 Å². The Morgan fingerprint density at radius 2 is 1.93 bits per heavy atom. The molecule has 1 saturated carbocycles. The van der Waals surface area contributed by atoms with Gasteiger partial charge < -0.3 is 20.3 Å². The van der Waals surface area contributed by atoms with Crippen LogP contribution in [0.3, 0.4) is 0 Å². The number of fused-ring (bicyclic) bond motifs is 1. The van der Waals surface area contributed by atoms with Gasteiger partial charge in [-0.3, -0.25) is 9.59 Å². The highest BCUT2D eigenvalue weighted by Crippen LogP contribution is 2.31. The highest BCUT2D eigenvalue weighted by atomic mass is 16.5. The number of carbonyl (C=O) groups is 2. The molecule has 0 aromatic heterocycles. The molecule has 4 rings (SSSR count). The molecule has 6 nitrogen and oxygen atoms in total. The Morgan fingerprint density at radius 3 is 2.75 bits per heavy atom. The molecule has 2 aromatic carbocycles. The number of amides is 2. The molecule has 0 atom stereocenters. The normalized spacial score (nSPS) is 15.5. The zero-order valence-corrected chi connectivity index (χ0v) is 16.0. The maximum absolute atomic E-state index is 12.3. The van der Waals surface area contributed by atoms with Crippen LogP contribution in [0, 0.1) is 5.92 Å². The SMILES string of the molecule is CN1CCCc2cc(NC(=O)COc3cccc(NC(=O)C4CC4)c3)ccc21. The van der Waals surface area contributed by atoms with E-state index in [1.807, 2.05) is 18.2 Å². The van der Waals surface area contributed by atoms with Gasteiger partial charge in [-0.05, 0) is 61.6 Å². The van der Waals surface area contributed by atoms with E-state index < -0.39 is 0 Å². The molecule has 28 heavy (non-hydrogen) atoms. The van der Waals surface area contributed by atoms with Gasteiger partial charge in [-0.15, -0.1) is 0 Å². The van der Waals surface area contributed by atoms with Crippen LogP contribution in [0.4, 0.5) is 17.1 Å². The monoisotopic (exact) mass is 379 g/mol. The molecule has 2 N–H and O–H groups in total. The number of aryl methyl sites for hydroxylation is 1. The Kier molecular flexibility index (Phi) is 5.19. The Morgan fingerprint density at radius 1 is 1.11 bits per heavy atom. The van der Waals surface area contributed by atoms with Gasteiger partial charge in [0.15, 0.2) is 6.61 Å². The maximum atomic E-state index is 12.3. The number of nitrogens with one attached hydrogen (secondary N) is 2. The summed E-state index contributed by atoms with van der Waals surface area (Å²) in [4.78, 5) is 26.4. The summed E-state index contributed by atoms with van der Waals surface area (Å²) in [5.74, 6) is 0.534. The number of rotatable bonds is 6. The number of benzene rings is 2. The third-order valence-corrected chi connectivity index (χ3v) is 5.13. The van der Waals surface area contributed by atoms with Gasteiger partial charge in [0.2, 0.25) is 5.91 Å². The molecule has 0 saturated heterocycles. The van der Waals surface area contributed by atoms with Crippen LogP contribution >= 0.6 is 0 Å². The molecular formula is C22H25N3O3. The Labute approximate surface area is 164 Å². The first-order chi connectivity index (χ1) is 13.6. The second-order valence-electron chi connectivity index (χ2n) is 7.50. The van der Waals surface area contributed by atoms with Crippen molar-refractivity contribution in [1.29, 1.82) is 0 Å². The fourth-order valence-corrected chi connectivity index (χ4v) is 3.46. The number of nitrogens with zero attached hydrogens (tertiary/aromatic N) is 1. The second kappa shape index (κ2) is 7.92. The van der Waals surface area contributed by atoms with Crippen LogP contribution in [0.25, 0.3) is 0 Å². The number of hydrogen-bond acceptors (Lipinski definition) is 4. The molecule has 1 heterocycles. The number of anilines is 3. The standard InChI is InChI=1S/C22H25N3O3/c1-25-11-3-4-16-12-18(9-10-20(16)25)23-21(26)14-28-19-6-2-5-17(13-19)24-22(27)15-7-8-15/h2,5-6,9-10,12-13,15H,3-4,7-8,11,14H2,1H3,(H,23,26)(H,24,27). The quantitative estimate of drug-likeness (QED) is 0.807. The van der Waals surface area contributed by atoms with Gasteiger partial charge in [0.25, 0.3) is 5.91 Å². The van der Waals surface area contributed by atoms with Crippen LogP contribution in [0.15, 0.2) is 42.5 Å². The molecule has 2 aliphatic rings. The van der Waals surface area contributed by atoms with Crippen LogP contribution in [0.1, 0.15) is 24.8 Å². The van der Waals surface area contributed by atoms with E-state index in [0.717, 1.165) is 37.9 Å². The van der Waals surface area contributed by atoms with Crippen molar-refractivity contribution in [3.63, 3.8) is 0 Å². The van der Waals surface area contributed by atoms with Gasteiger partial charge >= 0.3 is 0 Å². The summed E-state index contributed by atoms with van der Waals surface area (Å²) < 4.78 is 5.60. The highest BCUT2D eigenvalue weighted by Gasteiger charge is 2.29. The van der Waals surface area contributed by atoms with Crippen molar-refractivity contribution in [2.24, 2.45) is 5.92 Å². The van der Waals surface area contributed by atoms with E-state index in [4.69, 9.17) is 4.74 Å². The van der Waals surface area contributed by atoms with Crippen molar-refractivity contribution in [2.45, 2.75) is 25.7 Å². The van der Waals surface area contributed by atoms with Crippen molar-refractivity contribution >= 4 is 28.9 Å². The van der Waals surface area contributed by atoms with E-state index in [9.17, 15) is 9.59 Å². The van der Waals surface area contributed by atoms with Gasteiger partial charge in [0, 0.05) is 42.6 Å². The van der Waals surface area contributed by atoms with Crippen molar-refractivity contribution in [3.8, 4) is 5.75 Å². The minimum absolute atomic E-state index is 0.0490. The lowest BCUT2D eigenvalue weighted by atomic mass is 10.0.